The van der Waals surface area contributed by atoms with E-state index in [0.717, 1.165) is 12.8 Å². The molecule has 0 rings (SSSR count). The second kappa shape index (κ2) is 7.78. The molecular weight excluding hydrogens is 158 g/mol. The second-order valence-electron chi connectivity index (χ2n) is 3.36. The van der Waals surface area contributed by atoms with Gasteiger partial charge in [-0.15, -0.1) is 0 Å². The lowest BCUT2D eigenvalue weighted by molar-refractivity contribution is 0.986. The first-order chi connectivity index (χ1) is 6.20. The van der Waals surface area contributed by atoms with Crippen LogP contribution < -0.4 is 0 Å². The first-order valence-corrected chi connectivity index (χ1v) is 5.00. The lowest BCUT2D eigenvalue weighted by atomic mass is 10.2. The molecule has 0 saturated carbocycles. The number of nitrogens with zero attached hydrogens (tertiary/aromatic N) is 1. The van der Waals surface area contributed by atoms with Gasteiger partial charge in [0.1, 0.15) is 0 Å². The average Bonchev–Trinajstić information content (AvgIpc) is 2.12. The smallest absolute Gasteiger partial charge is 0.0259 e. The average molecular weight is 179 g/mol. The molecule has 0 amide bonds. The van der Waals surface area contributed by atoms with E-state index < -0.39 is 0 Å². The monoisotopic (exact) mass is 179 g/mol. The standard InChI is InChI=1S/C12H21N/c1-5-7-9-11(3)10-13-12(4)8-6-2/h5,7,10H,6,8-9H2,1-4H3/b7-5-,11-10-,13-12?. The summed E-state index contributed by atoms with van der Waals surface area (Å²) in [5, 5.41) is 0. The maximum Gasteiger partial charge on any atom is 0.0259 e. The zero-order valence-electron chi connectivity index (χ0n) is 9.30. The molecular formula is C12H21N. The Morgan fingerprint density at radius 3 is 2.54 bits per heavy atom. The van der Waals surface area contributed by atoms with E-state index in [0.29, 0.717) is 0 Å². The Morgan fingerprint density at radius 2 is 2.00 bits per heavy atom. The number of aliphatic imine (C=N–C) groups is 1. The van der Waals surface area contributed by atoms with Crippen LogP contribution in [0.2, 0.25) is 0 Å². The van der Waals surface area contributed by atoms with Crippen LogP contribution in [0.25, 0.3) is 0 Å². The van der Waals surface area contributed by atoms with E-state index in [1.165, 1.54) is 17.7 Å². The molecule has 0 saturated heterocycles. The van der Waals surface area contributed by atoms with Crippen molar-refractivity contribution in [1.29, 1.82) is 0 Å². The Labute approximate surface area is 82.3 Å². The van der Waals surface area contributed by atoms with Gasteiger partial charge in [-0.05, 0) is 33.6 Å². The van der Waals surface area contributed by atoms with E-state index in [1.54, 1.807) is 0 Å². The van der Waals surface area contributed by atoms with Gasteiger partial charge in [-0.3, -0.25) is 4.99 Å². The molecule has 0 unspecified atom stereocenters. The highest BCUT2D eigenvalue weighted by atomic mass is 14.7. The van der Waals surface area contributed by atoms with Crippen molar-refractivity contribution in [1.82, 2.24) is 0 Å². The molecule has 0 spiro atoms. The van der Waals surface area contributed by atoms with Crippen LogP contribution in [0.3, 0.4) is 0 Å². The van der Waals surface area contributed by atoms with Crippen molar-refractivity contribution in [2.75, 3.05) is 0 Å². The lowest BCUT2D eigenvalue weighted by Gasteiger charge is -1.95. The van der Waals surface area contributed by atoms with Crippen LogP contribution in [0.5, 0.6) is 0 Å². The zero-order valence-corrected chi connectivity index (χ0v) is 9.30. The highest BCUT2D eigenvalue weighted by Gasteiger charge is 1.87. The zero-order chi connectivity index (χ0) is 10.1. The van der Waals surface area contributed by atoms with Gasteiger partial charge < -0.3 is 0 Å². The molecule has 0 aromatic heterocycles. The Kier molecular flexibility index (Phi) is 7.27. The van der Waals surface area contributed by atoms with Crippen LogP contribution in [-0.4, -0.2) is 5.71 Å². The summed E-state index contributed by atoms with van der Waals surface area (Å²) in [6.45, 7) is 8.42. The van der Waals surface area contributed by atoms with Gasteiger partial charge >= 0.3 is 0 Å². The van der Waals surface area contributed by atoms with Gasteiger partial charge in [0, 0.05) is 11.9 Å². The van der Waals surface area contributed by atoms with Gasteiger partial charge in [-0.25, -0.2) is 0 Å². The van der Waals surface area contributed by atoms with Gasteiger partial charge in [0.25, 0.3) is 0 Å². The fourth-order valence-electron chi connectivity index (χ4n) is 1.00. The molecule has 0 bridgehead atoms. The minimum absolute atomic E-state index is 1.01. The van der Waals surface area contributed by atoms with E-state index in [-0.39, 0.29) is 0 Å². The van der Waals surface area contributed by atoms with Crippen LogP contribution in [-0.2, 0) is 0 Å². The molecule has 1 heteroatoms. The molecule has 0 aliphatic rings. The first kappa shape index (κ1) is 12.2. The summed E-state index contributed by atoms with van der Waals surface area (Å²) in [6.07, 6.45) is 9.49. The minimum Gasteiger partial charge on any atom is -0.266 e. The summed E-state index contributed by atoms with van der Waals surface area (Å²) < 4.78 is 0. The summed E-state index contributed by atoms with van der Waals surface area (Å²) in [5.41, 5.74) is 2.54. The molecule has 1 nitrogen and oxygen atoms in total. The predicted octanol–water partition coefficient (Wildman–Crippen LogP) is 4.12. The number of hydrogen-bond donors (Lipinski definition) is 0. The Morgan fingerprint density at radius 1 is 1.31 bits per heavy atom. The molecule has 0 aromatic rings. The molecule has 0 aliphatic heterocycles. The highest BCUT2D eigenvalue weighted by molar-refractivity contribution is 5.82. The quantitative estimate of drug-likeness (QED) is 0.445. The summed E-state index contributed by atoms with van der Waals surface area (Å²) in [5.74, 6) is 0. The van der Waals surface area contributed by atoms with Crippen molar-refractivity contribution in [3.05, 3.63) is 23.9 Å². The van der Waals surface area contributed by atoms with Gasteiger partial charge in [0.05, 0.1) is 0 Å². The largest absolute Gasteiger partial charge is 0.266 e. The molecule has 74 valence electrons. The van der Waals surface area contributed by atoms with Crippen LogP contribution in [0.1, 0.15) is 47.0 Å². The molecule has 0 aliphatic carbocycles. The second-order valence-corrected chi connectivity index (χ2v) is 3.36. The van der Waals surface area contributed by atoms with Crippen LogP contribution in [0, 0.1) is 0 Å². The van der Waals surface area contributed by atoms with Gasteiger partial charge in [-0.1, -0.05) is 31.1 Å². The maximum atomic E-state index is 4.39. The fraction of sp³-hybridized carbons (Fsp3) is 0.583. The fourth-order valence-corrected chi connectivity index (χ4v) is 1.00. The van der Waals surface area contributed by atoms with Crippen molar-refractivity contribution in [2.24, 2.45) is 4.99 Å². The van der Waals surface area contributed by atoms with Crippen molar-refractivity contribution in [2.45, 2.75) is 47.0 Å². The van der Waals surface area contributed by atoms with Crippen molar-refractivity contribution in [3.8, 4) is 0 Å². The van der Waals surface area contributed by atoms with E-state index in [4.69, 9.17) is 0 Å². The van der Waals surface area contributed by atoms with E-state index in [1.807, 2.05) is 13.1 Å². The normalized spacial score (nSPS) is 14.2. The third-order valence-corrected chi connectivity index (χ3v) is 1.79. The molecule has 0 fully saturated rings. The van der Waals surface area contributed by atoms with Crippen LogP contribution >= 0.6 is 0 Å². The molecule has 0 atom stereocenters. The molecule has 0 N–H and O–H groups in total. The topological polar surface area (TPSA) is 12.4 Å². The van der Waals surface area contributed by atoms with E-state index >= 15 is 0 Å². The maximum absolute atomic E-state index is 4.39. The summed E-state index contributed by atoms with van der Waals surface area (Å²) in [4.78, 5) is 4.39. The van der Waals surface area contributed by atoms with Crippen molar-refractivity contribution >= 4 is 5.71 Å². The minimum atomic E-state index is 1.01. The van der Waals surface area contributed by atoms with E-state index in [2.05, 4.69) is 37.9 Å². The highest BCUT2D eigenvalue weighted by Crippen LogP contribution is 2.02. The van der Waals surface area contributed by atoms with Crippen LogP contribution in [0.4, 0.5) is 0 Å². The molecule has 0 radical (unpaired) electrons. The summed E-state index contributed by atoms with van der Waals surface area (Å²) >= 11 is 0. The number of allylic oxidation sites excluding steroid dienone is 3. The van der Waals surface area contributed by atoms with E-state index in [9.17, 15) is 0 Å². The van der Waals surface area contributed by atoms with Crippen molar-refractivity contribution in [3.63, 3.8) is 0 Å². The van der Waals surface area contributed by atoms with Crippen molar-refractivity contribution < 1.29 is 0 Å². The predicted molar refractivity (Wildman–Crippen MR) is 61.2 cm³/mol. The third-order valence-electron chi connectivity index (χ3n) is 1.79. The SMILES string of the molecule is C/C=C\C/C(C)=C\N=C(C)CCC. The molecule has 0 aromatic carbocycles. The summed E-state index contributed by atoms with van der Waals surface area (Å²) in [6, 6.07) is 0. The number of rotatable bonds is 5. The molecule has 13 heavy (non-hydrogen) atoms. The van der Waals surface area contributed by atoms with Gasteiger partial charge in [0.2, 0.25) is 0 Å². The molecule has 0 heterocycles. The Hall–Kier alpha value is -0.850. The first-order valence-electron chi connectivity index (χ1n) is 5.00. The Bertz CT molecular complexity index is 209. The number of hydrogen-bond acceptors (Lipinski definition) is 1. The van der Waals surface area contributed by atoms with Gasteiger partial charge in [0.15, 0.2) is 0 Å². The lowest BCUT2D eigenvalue weighted by Crippen LogP contribution is -1.87. The van der Waals surface area contributed by atoms with Gasteiger partial charge in [-0.2, -0.15) is 0 Å². The Balaban J connectivity index is 3.99. The summed E-state index contributed by atoms with van der Waals surface area (Å²) in [7, 11) is 0. The third kappa shape index (κ3) is 7.51. The van der Waals surface area contributed by atoms with Crippen LogP contribution in [0.15, 0.2) is 28.9 Å².